The number of anilines is 1. The van der Waals surface area contributed by atoms with Crippen molar-refractivity contribution in [3.63, 3.8) is 0 Å². The van der Waals surface area contributed by atoms with Crippen LogP contribution in [0.1, 0.15) is 10.4 Å². The van der Waals surface area contributed by atoms with E-state index in [0.717, 1.165) is 0 Å². The molecule has 0 fully saturated rings. The quantitative estimate of drug-likeness (QED) is 0.554. The van der Waals surface area contributed by atoms with E-state index < -0.39 is 0 Å². The van der Waals surface area contributed by atoms with Gasteiger partial charge in [0.05, 0.1) is 12.7 Å². The van der Waals surface area contributed by atoms with Crippen LogP contribution in [0.4, 0.5) is 5.82 Å². The summed E-state index contributed by atoms with van der Waals surface area (Å²) in [5.74, 6) is 0.0772. The second-order valence-electron chi connectivity index (χ2n) is 1.84. The predicted molar refractivity (Wildman–Crippen MR) is 36.5 cm³/mol. The number of methoxy groups -OCH3 is 1. The lowest BCUT2D eigenvalue weighted by molar-refractivity contribution is 0.0601. The van der Waals surface area contributed by atoms with Crippen molar-refractivity contribution >= 4 is 11.8 Å². The zero-order valence-corrected chi connectivity index (χ0v) is 5.55. The standard InChI is InChI=1S/C6H8N2O2/c1-10-6(9)4-2-5(7)8-3-4/h2-3,8H,7H2,1H3. The van der Waals surface area contributed by atoms with E-state index in [4.69, 9.17) is 5.73 Å². The molecule has 0 aliphatic rings. The Kier molecular flexibility index (Phi) is 1.62. The first kappa shape index (κ1) is 6.67. The summed E-state index contributed by atoms with van der Waals surface area (Å²) in [5, 5.41) is 0. The number of hydrogen-bond acceptors (Lipinski definition) is 3. The Hall–Kier alpha value is -1.45. The molecular weight excluding hydrogens is 132 g/mol. The zero-order valence-electron chi connectivity index (χ0n) is 5.55. The number of nitrogens with one attached hydrogen (secondary N) is 1. The van der Waals surface area contributed by atoms with Crippen molar-refractivity contribution in [3.8, 4) is 0 Å². The topological polar surface area (TPSA) is 68.1 Å². The highest BCUT2D eigenvalue weighted by molar-refractivity contribution is 5.90. The van der Waals surface area contributed by atoms with Crippen molar-refractivity contribution in [3.05, 3.63) is 17.8 Å². The number of aromatic nitrogens is 1. The molecule has 1 aromatic rings. The Morgan fingerprint density at radius 2 is 2.50 bits per heavy atom. The molecular formula is C6H8N2O2. The van der Waals surface area contributed by atoms with Gasteiger partial charge in [-0.1, -0.05) is 0 Å². The summed E-state index contributed by atoms with van der Waals surface area (Å²) in [5.41, 5.74) is 5.75. The average molecular weight is 140 g/mol. The minimum absolute atomic E-state index is 0.382. The van der Waals surface area contributed by atoms with E-state index in [2.05, 4.69) is 9.72 Å². The van der Waals surface area contributed by atoms with Gasteiger partial charge in [0.15, 0.2) is 0 Å². The van der Waals surface area contributed by atoms with Gasteiger partial charge in [0.2, 0.25) is 0 Å². The summed E-state index contributed by atoms with van der Waals surface area (Å²) in [4.78, 5) is 13.4. The van der Waals surface area contributed by atoms with Gasteiger partial charge in [-0.05, 0) is 6.07 Å². The van der Waals surface area contributed by atoms with Crippen LogP contribution in [0, 0.1) is 0 Å². The fraction of sp³-hybridized carbons (Fsp3) is 0.167. The molecule has 0 atom stereocenters. The fourth-order valence-electron chi connectivity index (χ4n) is 0.648. The molecule has 0 aliphatic heterocycles. The maximum Gasteiger partial charge on any atom is 0.339 e. The van der Waals surface area contributed by atoms with Crippen molar-refractivity contribution in [2.24, 2.45) is 0 Å². The third-order valence-corrected chi connectivity index (χ3v) is 1.13. The largest absolute Gasteiger partial charge is 0.465 e. The monoisotopic (exact) mass is 140 g/mol. The summed E-state index contributed by atoms with van der Waals surface area (Å²) in [6, 6.07) is 1.52. The highest BCUT2D eigenvalue weighted by Crippen LogP contribution is 2.04. The van der Waals surface area contributed by atoms with Crippen molar-refractivity contribution in [2.75, 3.05) is 12.8 Å². The van der Waals surface area contributed by atoms with E-state index in [1.165, 1.54) is 19.4 Å². The van der Waals surface area contributed by atoms with E-state index >= 15 is 0 Å². The number of carbonyl (C=O) groups excluding carboxylic acids is 1. The van der Waals surface area contributed by atoms with Crippen molar-refractivity contribution in [1.82, 2.24) is 4.98 Å². The van der Waals surface area contributed by atoms with Crippen LogP contribution in [-0.2, 0) is 4.74 Å². The summed E-state index contributed by atoms with van der Waals surface area (Å²) in [6.07, 6.45) is 1.50. The predicted octanol–water partition coefficient (Wildman–Crippen LogP) is 0.384. The Bertz CT molecular complexity index is 242. The van der Waals surface area contributed by atoms with Gasteiger partial charge in [-0.15, -0.1) is 0 Å². The molecule has 1 heterocycles. The van der Waals surface area contributed by atoms with Crippen molar-refractivity contribution in [1.29, 1.82) is 0 Å². The van der Waals surface area contributed by atoms with Gasteiger partial charge in [-0.3, -0.25) is 0 Å². The minimum atomic E-state index is -0.382. The molecule has 54 valence electrons. The van der Waals surface area contributed by atoms with E-state index in [1.54, 1.807) is 0 Å². The lowest BCUT2D eigenvalue weighted by atomic mass is 10.3. The second kappa shape index (κ2) is 2.43. The number of H-pyrrole nitrogens is 1. The number of hydrogen-bond donors (Lipinski definition) is 2. The number of nitrogens with two attached hydrogens (primary N) is 1. The normalized spacial score (nSPS) is 9.30. The highest BCUT2D eigenvalue weighted by Gasteiger charge is 2.05. The molecule has 0 amide bonds. The molecule has 4 heteroatoms. The molecule has 10 heavy (non-hydrogen) atoms. The molecule has 1 rings (SSSR count). The van der Waals surface area contributed by atoms with Crippen LogP contribution in [0.3, 0.4) is 0 Å². The van der Waals surface area contributed by atoms with Gasteiger partial charge in [0.1, 0.15) is 5.82 Å². The van der Waals surface area contributed by atoms with E-state index in [1.807, 2.05) is 0 Å². The Labute approximate surface area is 58.0 Å². The molecule has 0 aromatic carbocycles. The zero-order chi connectivity index (χ0) is 7.56. The highest BCUT2D eigenvalue weighted by atomic mass is 16.5. The van der Waals surface area contributed by atoms with Crippen LogP contribution in [0.2, 0.25) is 0 Å². The van der Waals surface area contributed by atoms with Crippen molar-refractivity contribution in [2.45, 2.75) is 0 Å². The van der Waals surface area contributed by atoms with Gasteiger partial charge in [-0.2, -0.15) is 0 Å². The molecule has 0 radical (unpaired) electrons. The summed E-state index contributed by atoms with van der Waals surface area (Å²) in [7, 11) is 1.32. The molecule has 0 spiro atoms. The maximum atomic E-state index is 10.7. The van der Waals surface area contributed by atoms with Gasteiger partial charge in [0.25, 0.3) is 0 Å². The SMILES string of the molecule is COC(=O)c1c[nH]c(N)c1. The van der Waals surface area contributed by atoms with Crippen LogP contribution in [0.5, 0.6) is 0 Å². The summed E-state index contributed by atoms with van der Waals surface area (Å²) >= 11 is 0. The average Bonchev–Trinajstić information content (AvgIpc) is 2.34. The summed E-state index contributed by atoms with van der Waals surface area (Å²) in [6.45, 7) is 0. The number of esters is 1. The molecule has 1 aromatic heterocycles. The molecule has 0 bridgehead atoms. The Balaban J connectivity index is 2.85. The van der Waals surface area contributed by atoms with Gasteiger partial charge >= 0.3 is 5.97 Å². The molecule has 0 aliphatic carbocycles. The van der Waals surface area contributed by atoms with E-state index in [9.17, 15) is 4.79 Å². The van der Waals surface area contributed by atoms with E-state index in [0.29, 0.717) is 11.4 Å². The molecule has 0 saturated heterocycles. The number of ether oxygens (including phenoxy) is 1. The van der Waals surface area contributed by atoms with Gasteiger partial charge in [-0.25, -0.2) is 4.79 Å². The Morgan fingerprint density at radius 3 is 2.90 bits per heavy atom. The third-order valence-electron chi connectivity index (χ3n) is 1.13. The lowest BCUT2D eigenvalue weighted by Gasteiger charge is -1.90. The first-order chi connectivity index (χ1) is 4.74. The number of rotatable bonds is 1. The first-order valence-electron chi connectivity index (χ1n) is 2.76. The van der Waals surface area contributed by atoms with Crippen LogP contribution in [-0.4, -0.2) is 18.1 Å². The molecule has 0 unspecified atom stereocenters. The summed E-state index contributed by atoms with van der Waals surface area (Å²) < 4.78 is 4.44. The van der Waals surface area contributed by atoms with Gasteiger partial charge in [0, 0.05) is 6.20 Å². The smallest absolute Gasteiger partial charge is 0.339 e. The second-order valence-corrected chi connectivity index (χ2v) is 1.84. The fourth-order valence-corrected chi connectivity index (χ4v) is 0.648. The third kappa shape index (κ3) is 1.10. The maximum absolute atomic E-state index is 10.7. The number of aromatic amines is 1. The van der Waals surface area contributed by atoms with Crippen LogP contribution in [0.25, 0.3) is 0 Å². The first-order valence-corrected chi connectivity index (χ1v) is 2.76. The van der Waals surface area contributed by atoms with Crippen LogP contribution < -0.4 is 5.73 Å². The van der Waals surface area contributed by atoms with Crippen molar-refractivity contribution < 1.29 is 9.53 Å². The minimum Gasteiger partial charge on any atom is -0.465 e. The Morgan fingerprint density at radius 1 is 1.80 bits per heavy atom. The van der Waals surface area contributed by atoms with Crippen LogP contribution >= 0.6 is 0 Å². The molecule has 3 N–H and O–H groups in total. The lowest BCUT2D eigenvalue weighted by Crippen LogP contribution is -1.98. The van der Waals surface area contributed by atoms with Gasteiger partial charge < -0.3 is 15.5 Å². The number of nitrogen functional groups attached to an aromatic ring is 1. The van der Waals surface area contributed by atoms with E-state index in [-0.39, 0.29) is 5.97 Å². The molecule has 0 saturated carbocycles. The molecule has 4 nitrogen and oxygen atoms in total. The van der Waals surface area contributed by atoms with Crippen LogP contribution in [0.15, 0.2) is 12.3 Å². The number of carbonyl (C=O) groups is 1.